The number of nitrogens with zero attached hydrogens (tertiary/aromatic N) is 1. The Morgan fingerprint density at radius 2 is 1.65 bits per heavy atom. The predicted octanol–water partition coefficient (Wildman–Crippen LogP) is 5.02. The lowest BCUT2D eigenvalue weighted by atomic mass is 10.0. The van der Waals surface area contributed by atoms with Crippen molar-refractivity contribution in [2.75, 3.05) is 0 Å². The monoisotopic (exact) mass is 281 g/mol. The summed E-state index contributed by atoms with van der Waals surface area (Å²) in [7, 11) is 0. The summed E-state index contributed by atoms with van der Waals surface area (Å²) >= 11 is 0. The molecule has 0 N–H and O–H groups in total. The maximum absolute atomic E-state index is 12.4. The first-order valence-corrected chi connectivity index (χ1v) is 6.17. The van der Waals surface area contributed by atoms with E-state index >= 15 is 0 Å². The summed E-state index contributed by atoms with van der Waals surface area (Å²) in [4.78, 5) is 3.66. The first kappa shape index (κ1) is 14.4. The summed E-state index contributed by atoms with van der Waals surface area (Å²) in [5.41, 5.74) is 0.373. The van der Waals surface area contributed by atoms with E-state index in [9.17, 15) is 13.2 Å². The van der Waals surface area contributed by atoms with Crippen LogP contribution >= 0.6 is 0 Å². The van der Waals surface area contributed by atoms with Crippen molar-refractivity contribution in [1.82, 2.24) is 4.98 Å². The molecule has 20 heavy (non-hydrogen) atoms. The van der Waals surface area contributed by atoms with E-state index in [1.54, 1.807) is 12.1 Å². The summed E-state index contributed by atoms with van der Waals surface area (Å²) in [6.45, 7) is 4.15. The van der Waals surface area contributed by atoms with Gasteiger partial charge in [0.15, 0.2) is 0 Å². The molecule has 0 saturated heterocycles. The lowest BCUT2D eigenvalue weighted by molar-refractivity contribution is -0.137. The molecule has 1 aromatic heterocycles. The van der Waals surface area contributed by atoms with E-state index < -0.39 is 11.7 Å². The minimum Gasteiger partial charge on any atom is -0.439 e. The van der Waals surface area contributed by atoms with Crippen LogP contribution in [0.15, 0.2) is 42.6 Å². The summed E-state index contributed by atoms with van der Waals surface area (Å²) < 4.78 is 42.6. The fourth-order valence-corrected chi connectivity index (χ4v) is 1.65. The van der Waals surface area contributed by atoms with E-state index in [4.69, 9.17) is 4.74 Å². The van der Waals surface area contributed by atoms with Crippen LogP contribution in [0.25, 0.3) is 0 Å². The van der Waals surface area contributed by atoms with Gasteiger partial charge in [-0.05, 0) is 29.7 Å². The second-order valence-electron chi connectivity index (χ2n) is 4.71. The van der Waals surface area contributed by atoms with Crippen LogP contribution in [0.3, 0.4) is 0 Å². The molecule has 0 saturated carbocycles. The second kappa shape index (κ2) is 5.53. The highest BCUT2D eigenvalue weighted by Gasteiger charge is 2.30. The number of alkyl halides is 3. The molecule has 1 heterocycles. The minimum absolute atomic E-state index is 0.135. The molecule has 1 aromatic carbocycles. The number of hydrogen-bond acceptors (Lipinski definition) is 2. The maximum Gasteiger partial charge on any atom is 0.417 e. The van der Waals surface area contributed by atoms with Crippen molar-refractivity contribution in [1.29, 1.82) is 0 Å². The van der Waals surface area contributed by atoms with E-state index in [2.05, 4.69) is 18.8 Å². The number of ether oxygens (including phenoxy) is 1. The van der Waals surface area contributed by atoms with E-state index in [1.165, 1.54) is 6.07 Å². The molecule has 5 heteroatoms. The average Bonchev–Trinajstić information content (AvgIpc) is 2.39. The number of halogens is 3. The Balaban J connectivity index is 2.10. The van der Waals surface area contributed by atoms with Gasteiger partial charge >= 0.3 is 6.18 Å². The molecule has 0 bridgehead atoms. The van der Waals surface area contributed by atoms with Gasteiger partial charge in [-0.1, -0.05) is 26.0 Å². The van der Waals surface area contributed by atoms with Crippen molar-refractivity contribution in [3.05, 3.63) is 53.7 Å². The lowest BCUT2D eigenvalue weighted by Gasteiger charge is -2.09. The van der Waals surface area contributed by atoms with Gasteiger partial charge < -0.3 is 4.74 Å². The molecule has 0 amide bonds. The molecule has 0 spiro atoms. The topological polar surface area (TPSA) is 22.1 Å². The van der Waals surface area contributed by atoms with Gasteiger partial charge in [0.1, 0.15) is 5.75 Å². The highest BCUT2D eigenvalue weighted by molar-refractivity contribution is 5.32. The Kier molecular flexibility index (Phi) is 3.97. The van der Waals surface area contributed by atoms with Crippen LogP contribution in [0.2, 0.25) is 0 Å². The second-order valence-corrected chi connectivity index (χ2v) is 4.71. The molecule has 0 fully saturated rings. The first-order chi connectivity index (χ1) is 9.36. The third kappa shape index (κ3) is 3.50. The molecule has 0 aliphatic carbocycles. The van der Waals surface area contributed by atoms with Crippen LogP contribution in [-0.2, 0) is 6.18 Å². The Morgan fingerprint density at radius 3 is 2.10 bits per heavy atom. The number of aromatic nitrogens is 1. The van der Waals surface area contributed by atoms with Crippen molar-refractivity contribution in [3.63, 3.8) is 0 Å². The maximum atomic E-state index is 12.4. The third-order valence-corrected chi connectivity index (χ3v) is 2.83. The van der Waals surface area contributed by atoms with Crippen molar-refractivity contribution in [3.8, 4) is 11.6 Å². The van der Waals surface area contributed by atoms with Gasteiger partial charge in [0, 0.05) is 12.3 Å². The van der Waals surface area contributed by atoms with E-state index in [0.29, 0.717) is 11.7 Å². The molecular formula is C15H14F3NO. The Morgan fingerprint density at radius 1 is 1.00 bits per heavy atom. The first-order valence-electron chi connectivity index (χ1n) is 6.17. The molecular weight excluding hydrogens is 267 g/mol. The molecule has 2 aromatic rings. The minimum atomic E-state index is -4.38. The van der Waals surface area contributed by atoms with Crippen molar-refractivity contribution in [2.24, 2.45) is 0 Å². The smallest absolute Gasteiger partial charge is 0.417 e. The molecule has 0 unspecified atom stereocenters. The molecule has 2 nitrogen and oxygen atoms in total. The van der Waals surface area contributed by atoms with Gasteiger partial charge in [0.05, 0.1) is 5.56 Å². The molecule has 0 aliphatic heterocycles. The molecule has 0 radical (unpaired) electrons. The summed E-state index contributed by atoms with van der Waals surface area (Å²) in [5, 5.41) is 0. The predicted molar refractivity (Wildman–Crippen MR) is 69.8 cm³/mol. The highest BCUT2D eigenvalue weighted by atomic mass is 19.4. The van der Waals surface area contributed by atoms with Crippen LogP contribution in [0.4, 0.5) is 13.2 Å². The van der Waals surface area contributed by atoms with Crippen molar-refractivity contribution >= 4 is 0 Å². The molecule has 2 rings (SSSR count). The van der Waals surface area contributed by atoms with E-state index in [0.717, 1.165) is 17.8 Å². The van der Waals surface area contributed by atoms with Crippen LogP contribution in [0.5, 0.6) is 11.6 Å². The van der Waals surface area contributed by atoms with E-state index in [-0.39, 0.29) is 5.88 Å². The molecule has 0 aliphatic rings. The normalized spacial score (nSPS) is 11.7. The van der Waals surface area contributed by atoms with Gasteiger partial charge in [0.25, 0.3) is 0 Å². The zero-order valence-electron chi connectivity index (χ0n) is 11.1. The SMILES string of the molecule is CC(C)c1ccc(Oc2ccc(C(F)(F)F)cn2)cc1. The Hall–Kier alpha value is -2.04. The quantitative estimate of drug-likeness (QED) is 0.788. The van der Waals surface area contributed by atoms with Gasteiger partial charge in [-0.25, -0.2) is 4.98 Å². The van der Waals surface area contributed by atoms with Crippen LogP contribution in [0, 0.1) is 0 Å². The fraction of sp³-hybridized carbons (Fsp3) is 0.267. The van der Waals surface area contributed by atoms with Crippen molar-refractivity contribution < 1.29 is 17.9 Å². The zero-order valence-corrected chi connectivity index (χ0v) is 11.1. The number of hydrogen-bond donors (Lipinski definition) is 0. The van der Waals surface area contributed by atoms with Crippen molar-refractivity contribution in [2.45, 2.75) is 25.9 Å². The largest absolute Gasteiger partial charge is 0.439 e. The Bertz CT molecular complexity index is 559. The lowest BCUT2D eigenvalue weighted by Crippen LogP contribution is -2.05. The van der Waals surface area contributed by atoms with Gasteiger partial charge in [-0.2, -0.15) is 13.2 Å². The van der Waals surface area contributed by atoms with E-state index in [1.807, 2.05) is 12.1 Å². The summed E-state index contributed by atoms with van der Waals surface area (Å²) in [6.07, 6.45) is -3.62. The standard InChI is InChI=1S/C15H14F3NO/c1-10(2)11-3-6-13(7-4-11)20-14-8-5-12(9-19-14)15(16,17)18/h3-10H,1-2H3. The van der Waals surface area contributed by atoms with Gasteiger partial charge in [0.2, 0.25) is 5.88 Å². The zero-order chi connectivity index (χ0) is 14.8. The average molecular weight is 281 g/mol. The number of rotatable bonds is 3. The number of benzene rings is 1. The number of pyridine rings is 1. The third-order valence-electron chi connectivity index (χ3n) is 2.83. The van der Waals surface area contributed by atoms with Crippen LogP contribution < -0.4 is 4.74 Å². The van der Waals surface area contributed by atoms with Crippen LogP contribution in [0.1, 0.15) is 30.9 Å². The Labute approximate surface area is 115 Å². The molecule has 106 valence electrons. The van der Waals surface area contributed by atoms with Gasteiger partial charge in [-0.3, -0.25) is 0 Å². The van der Waals surface area contributed by atoms with Gasteiger partial charge in [-0.15, -0.1) is 0 Å². The molecule has 0 atom stereocenters. The summed E-state index contributed by atoms with van der Waals surface area (Å²) in [5.74, 6) is 1.09. The van der Waals surface area contributed by atoms with Crippen LogP contribution in [-0.4, -0.2) is 4.98 Å². The highest BCUT2D eigenvalue weighted by Crippen LogP contribution is 2.30. The summed E-state index contributed by atoms with van der Waals surface area (Å²) in [6, 6.07) is 9.54. The fourth-order valence-electron chi connectivity index (χ4n) is 1.65.